The zero-order chi connectivity index (χ0) is 23.8. The van der Waals surface area contributed by atoms with Crippen LogP contribution >= 0.6 is 0 Å². The summed E-state index contributed by atoms with van der Waals surface area (Å²) in [7, 11) is 0. The number of hydrogen-bond acceptors (Lipinski definition) is 4. The smallest absolute Gasteiger partial charge is 0.335 e. The number of unbranched alkanes of at least 4 members (excludes halogenated alkanes) is 1. The van der Waals surface area contributed by atoms with E-state index in [1.807, 2.05) is 11.1 Å². The third kappa shape index (κ3) is 6.85. The number of nitrogens with zero attached hydrogens (tertiary/aromatic N) is 2. The molecule has 0 aliphatic carbocycles. The first-order chi connectivity index (χ1) is 15.9. The Labute approximate surface area is 194 Å². The van der Waals surface area contributed by atoms with Crippen molar-refractivity contribution in [3.63, 3.8) is 0 Å². The predicted octanol–water partition coefficient (Wildman–Crippen LogP) is 4.24. The third-order valence-electron chi connectivity index (χ3n) is 6.32. The summed E-state index contributed by atoms with van der Waals surface area (Å²) in [6.07, 6.45) is 3.66. The van der Waals surface area contributed by atoms with Crippen LogP contribution in [0, 0.1) is 5.82 Å². The predicted molar refractivity (Wildman–Crippen MR) is 124 cm³/mol. The fourth-order valence-electron chi connectivity index (χ4n) is 4.40. The highest BCUT2D eigenvalue weighted by Crippen LogP contribution is 2.29. The van der Waals surface area contributed by atoms with Crippen LogP contribution in [0.2, 0.25) is 0 Å². The number of carboxylic acid groups (broad SMARTS) is 1. The Morgan fingerprint density at radius 1 is 1.12 bits per heavy atom. The maximum Gasteiger partial charge on any atom is 0.335 e. The highest BCUT2D eigenvalue weighted by molar-refractivity contribution is 5.87. The van der Waals surface area contributed by atoms with Gasteiger partial charge in [-0.05, 0) is 54.7 Å². The van der Waals surface area contributed by atoms with Gasteiger partial charge in [0, 0.05) is 32.0 Å². The van der Waals surface area contributed by atoms with Gasteiger partial charge in [0.05, 0.1) is 11.7 Å². The van der Waals surface area contributed by atoms with Gasteiger partial charge in [0.1, 0.15) is 5.82 Å². The Bertz CT molecular complexity index is 934. The molecule has 2 N–H and O–H groups in total. The van der Waals surface area contributed by atoms with E-state index in [2.05, 4.69) is 6.92 Å². The van der Waals surface area contributed by atoms with Crippen molar-refractivity contribution in [3.05, 3.63) is 71.0 Å². The number of aliphatic hydroxyl groups excluding tert-OH is 1. The fraction of sp³-hybridized carbons (Fsp3) is 0.462. The van der Waals surface area contributed by atoms with Crippen molar-refractivity contribution in [2.45, 2.75) is 57.5 Å². The fourth-order valence-corrected chi connectivity index (χ4v) is 4.40. The number of carbonyl (C=O) groups excluding carboxylic acids is 1. The zero-order valence-corrected chi connectivity index (χ0v) is 19.1. The van der Waals surface area contributed by atoms with Crippen molar-refractivity contribution in [1.82, 2.24) is 10.0 Å². The summed E-state index contributed by atoms with van der Waals surface area (Å²) >= 11 is 0. The number of halogens is 1. The van der Waals surface area contributed by atoms with Crippen LogP contribution in [0.15, 0.2) is 48.5 Å². The average molecular weight is 457 g/mol. The van der Waals surface area contributed by atoms with Gasteiger partial charge in [-0.1, -0.05) is 44.0 Å². The number of rotatable bonds is 12. The molecule has 1 saturated heterocycles. The quantitative estimate of drug-likeness (QED) is 0.499. The van der Waals surface area contributed by atoms with Gasteiger partial charge in [-0.3, -0.25) is 9.80 Å². The number of hydrazine groups is 1. The monoisotopic (exact) mass is 456 g/mol. The normalized spacial score (nSPS) is 16.2. The molecule has 2 atom stereocenters. The van der Waals surface area contributed by atoms with Crippen molar-refractivity contribution >= 4 is 11.9 Å². The summed E-state index contributed by atoms with van der Waals surface area (Å²) in [6.45, 7) is 3.76. The maximum absolute atomic E-state index is 13.8. The SMILES string of the molecule is CCCCC(c1cccc(F)c1)C(O)CCN1CCC(=O)N1CCc1ccc(C(=O)O)cc1. The molecule has 1 heterocycles. The van der Waals surface area contributed by atoms with Crippen molar-refractivity contribution in [2.24, 2.45) is 0 Å². The lowest BCUT2D eigenvalue weighted by atomic mass is 9.87. The molecule has 3 rings (SSSR count). The van der Waals surface area contributed by atoms with Gasteiger partial charge in [-0.2, -0.15) is 0 Å². The van der Waals surface area contributed by atoms with Crippen LogP contribution in [0.5, 0.6) is 0 Å². The molecule has 2 unspecified atom stereocenters. The van der Waals surface area contributed by atoms with E-state index in [9.17, 15) is 19.1 Å². The number of aliphatic hydroxyl groups is 1. The number of carboxylic acids is 1. The molecule has 6 nitrogen and oxygen atoms in total. The Kier molecular flexibility index (Phi) is 8.97. The van der Waals surface area contributed by atoms with Crippen LogP contribution < -0.4 is 0 Å². The summed E-state index contributed by atoms with van der Waals surface area (Å²) in [6, 6.07) is 13.2. The standard InChI is InChI=1S/C26H33FN2O4/c1-2-3-7-23(21-5-4-6-22(27)18-21)24(30)13-15-28-16-14-25(31)29(28)17-12-19-8-10-20(11-9-19)26(32)33/h4-6,8-11,18,23-24,30H,2-3,7,12-17H2,1H3,(H,32,33). The second-order valence-electron chi connectivity index (χ2n) is 8.63. The molecule has 0 spiro atoms. The van der Waals surface area contributed by atoms with Crippen LogP contribution in [0.25, 0.3) is 0 Å². The highest BCUT2D eigenvalue weighted by Gasteiger charge is 2.30. The minimum Gasteiger partial charge on any atom is -0.478 e. The number of benzene rings is 2. The molecule has 1 aliphatic rings. The molecule has 1 aliphatic heterocycles. The van der Waals surface area contributed by atoms with Gasteiger partial charge in [-0.25, -0.2) is 14.2 Å². The molecule has 7 heteroatoms. The average Bonchev–Trinajstić information content (AvgIpc) is 3.16. The molecule has 0 saturated carbocycles. The number of amides is 1. The van der Waals surface area contributed by atoms with E-state index in [0.717, 1.165) is 30.4 Å². The van der Waals surface area contributed by atoms with Crippen molar-refractivity contribution in [1.29, 1.82) is 0 Å². The van der Waals surface area contributed by atoms with Gasteiger partial charge in [0.25, 0.3) is 0 Å². The van der Waals surface area contributed by atoms with Crippen LogP contribution in [0.4, 0.5) is 4.39 Å². The minimum absolute atomic E-state index is 0.0549. The van der Waals surface area contributed by atoms with Crippen LogP contribution in [0.3, 0.4) is 0 Å². The van der Waals surface area contributed by atoms with E-state index in [0.29, 0.717) is 38.9 Å². The number of hydrogen-bond donors (Lipinski definition) is 2. The van der Waals surface area contributed by atoms with Crippen molar-refractivity contribution < 1.29 is 24.2 Å². The van der Waals surface area contributed by atoms with Crippen molar-refractivity contribution in [2.75, 3.05) is 19.6 Å². The molecule has 0 aromatic heterocycles. The molecule has 0 bridgehead atoms. The summed E-state index contributed by atoms with van der Waals surface area (Å²) in [5, 5.41) is 23.7. The summed E-state index contributed by atoms with van der Waals surface area (Å²) in [4.78, 5) is 23.4. The topological polar surface area (TPSA) is 81.1 Å². The largest absolute Gasteiger partial charge is 0.478 e. The minimum atomic E-state index is -0.962. The molecular weight excluding hydrogens is 423 g/mol. The second kappa shape index (κ2) is 11.9. The first-order valence-electron chi connectivity index (χ1n) is 11.7. The molecule has 178 valence electrons. The van der Waals surface area contributed by atoms with Crippen LogP contribution in [0.1, 0.15) is 66.4 Å². The highest BCUT2D eigenvalue weighted by atomic mass is 19.1. The Hall–Kier alpha value is -2.77. The molecule has 2 aromatic rings. The summed E-state index contributed by atoms with van der Waals surface area (Å²) < 4.78 is 13.8. The van der Waals surface area contributed by atoms with Crippen molar-refractivity contribution in [3.8, 4) is 0 Å². The number of carbonyl (C=O) groups is 2. The molecular formula is C26H33FN2O4. The van der Waals surface area contributed by atoms with E-state index in [1.165, 1.54) is 12.1 Å². The van der Waals surface area contributed by atoms with Gasteiger partial charge >= 0.3 is 5.97 Å². The van der Waals surface area contributed by atoms with E-state index < -0.39 is 12.1 Å². The molecule has 1 amide bonds. The first-order valence-corrected chi connectivity index (χ1v) is 11.7. The molecule has 0 radical (unpaired) electrons. The lowest BCUT2D eigenvalue weighted by Gasteiger charge is -2.30. The van der Waals surface area contributed by atoms with Gasteiger partial charge in [-0.15, -0.1) is 0 Å². The van der Waals surface area contributed by atoms with E-state index in [-0.39, 0.29) is 23.2 Å². The van der Waals surface area contributed by atoms with Gasteiger partial charge in [0.15, 0.2) is 0 Å². The first kappa shape index (κ1) is 24.9. The van der Waals surface area contributed by atoms with Gasteiger partial charge in [0.2, 0.25) is 5.91 Å². The van der Waals surface area contributed by atoms with E-state index in [4.69, 9.17) is 5.11 Å². The Morgan fingerprint density at radius 3 is 2.55 bits per heavy atom. The van der Waals surface area contributed by atoms with Gasteiger partial charge < -0.3 is 10.2 Å². The lowest BCUT2D eigenvalue weighted by molar-refractivity contribution is -0.138. The van der Waals surface area contributed by atoms with Crippen LogP contribution in [-0.4, -0.2) is 57.8 Å². The third-order valence-corrected chi connectivity index (χ3v) is 6.32. The summed E-state index contributed by atoms with van der Waals surface area (Å²) in [5.74, 6) is -1.34. The van der Waals surface area contributed by atoms with E-state index in [1.54, 1.807) is 35.3 Å². The maximum atomic E-state index is 13.8. The summed E-state index contributed by atoms with van der Waals surface area (Å²) in [5.41, 5.74) is 2.02. The molecule has 2 aromatic carbocycles. The Balaban J connectivity index is 1.58. The lowest BCUT2D eigenvalue weighted by Crippen LogP contribution is -2.42. The van der Waals surface area contributed by atoms with Crippen LogP contribution in [-0.2, 0) is 11.2 Å². The number of aromatic carboxylic acids is 1. The Morgan fingerprint density at radius 2 is 1.88 bits per heavy atom. The molecule has 33 heavy (non-hydrogen) atoms. The van der Waals surface area contributed by atoms with E-state index >= 15 is 0 Å². The molecule has 1 fully saturated rings. The zero-order valence-electron chi connectivity index (χ0n) is 19.1. The second-order valence-corrected chi connectivity index (χ2v) is 8.63.